The fourth-order valence-electron chi connectivity index (χ4n) is 3.21. The lowest BCUT2D eigenvalue weighted by molar-refractivity contribution is -0.124. The molecule has 3 amide bonds. The summed E-state index contributed by atoms with van der Waals surface area (Å²) < 4.78 is 0. The van der Waals surface area contributed by atoms with Gasteiger partial charge in [0.25, 0.3) is 0 Å². The lowest BCUT2D eigenvalue weighted by Crippen LogP contribution is -2.42. The Morgan fingerprint density at radius 3 is 2.60 bits per heavy atom. The molecule has 0 aliphatic carbocycles. The van der Waals surface area contributed by atoms with E-state index in [2.05, 4.69) is 25.8 Å². The highest BCUT2D eigenvalue weighted by Crippen LogP contribution is 2.29. The third-order valence-corrected chi connectivity index (χ3v) is 4.66. The smallest absolute Gasteiger partial charge is 0.244 e. The van der Waals surface area contributed by atoms with E-state index in [1.54, 1.807) is 36.4 Å². The van der Waals surface area contributed by atoms with Crippen LogP contribution < -0.4 is 15.5 Å². The molecule has 0 saturated carbocycles. The van der Waals surface area contributed by atoms with Crippen molar-refractivity contribution in [3.05, 3.63) is 54.4 Å². The maximum atomic E-state index is 12.6. The van der Waals surface area contributed by atoms with Gasteiger partial charge in [-0.2, -0.15) is 5.10 Å². The van der Waals surface area contributed by atoms with E-state index in [1.807, 2.05) is 19.1 Å². The minimum absolute atomic E-state index is 0.00198. The quantitative estimate of drug-likeness (QED) is 0.603. The first-order valence-electron chi connectivity index (χ1n) is 9.48. The molecule has 152 valence electrons. The monoisotopic (exact) mass is 404 g/mol. The predicted molar refractivity (Wildman–Crippen MR) is 112 cm³/mol. The van der Waals surface area contributed by atoms with Crippen LogP contribution in [0.25, 0.3) is 11.4 Å². The molecule has 3 aromatic rings. The zero-order valence-corrected chi connectivity index (χ0v) is 16.3. The molecular weight excluding hydrogens is 384 g/mol. The van der Waals surface area contributed by atoms with Crippen molar-refractivity contribution in [2.45, 2.75) is 19.8 Å². The maximum absolute atomic E-state index is 12.6. The number of rotatable bonds is 5. The molecule has 0 spiro atoms. The SMILES string of the molecule is Cc1nc(-c2ccc(NC(=O)CCC(=O)N3CC(=O)Nc4ccccc43)cc2)n[nH]1. The van der Waals surface area contributed by atoms with Crippen molar-refractivity contribution in [2.75, 3.05) is 22.1 Å². The molecule has 2 heterocycles. The lowest BCUT2D eigenvalue weighted by Gasteiger charge is -2.29. The van der Waals surface area contributed by atoms with Crippen molar-refractivity contribution in [1.82, 2.24) is 15.2 Å². The second kappa shape index (κ2) is 8.16. The number of hydrogen-bond acceptors (Lipinski definition) is 5. The molecule has 30 heavy (non-hydrogen) atoms. The molecule has 1 aliphatic heterocycles. The summed E-state index contributed by atoms with van der Waals surface area (Å²) in [5.41, 5.74) is 2.68. The van der Waals surface area contributed by atoms with Crippen LogP contribution in [0, 0.1) is 6.92 Å². The minimum Gasteiger partial charge on any atom is -0.326 e. The average Bonchev–Trinajstić information content (AvgIpc) is 3.18. The fraction of sp³-hybridized carbons (Fsp3) is 0.190. The van der Waals surface area contributed by atoms with Crippen LogP contribution in [0.15, 0.2) is 48.5 Å². The van der Waals surface area contributed by atoms with Gasteiger partial charge in [-0.05, 0) is 43.3 Å². The largest absolute Gasteiger partial charge is 0.326 e. The molecular formula is C21H20N6O3. The summed E-state index contributed by atoms with van der Waals surface area (Å²) in [4.78, 5) is 42.4. The normalized spacial score (nSPS) is 12.8. The van der Waals surface area contributed by atoms with Crippen LogP contribution in [-0.4, -0.2) is 39.4 Å². The molecule has 1 aromatic heterocycles. The number of carbonyl (C=O) groups excluding carboxylic acids is 3. The highest BCUT2D eigenvalue weighted by molar-refractivity contribution is 6.10. The van der Waals surface area contributed by atoms with E-state index in [0.717, 1.165) is 11.4 Å². The molecule has 0 unspecified atom stereocenters. The number of para-hydroxylation sites is 2. The molecule has 0 atom stereocenters. The highest BCUT2D eigenvalue weighted by atomic mass is 16.2. The first-order valence-corrected chi connectivity index (χ1v) is 9.48. The van der Waals surface area contributed by atoms with Crippen molar-refractivity contribution in [3.8, 4) is 11.4 Å². The van der Waals surface area contributed by atoms with Gasteiger partial charge in [0.2, 0.25) is 17.7 Å². The number of amides is 3. The van der Waals surface area contributed by atoms with Crippen molar-refractivity contribution in [1.29, 1.82) is 0 Å². The van der Waals surface area contributed by atoms with E-state index in [9.17, 15) is 14.4 Å². The van der Waals surface area contributed by atoms with E-state index in [-0.39, 0.29) is 37.1 Å². The van der Waals surface area contributed by atoms with Crippen LogP contribution in [0.5, 0.6) is 0 Å². The summed E-state index contributed by atoms with van der Waals surface area (Å²) in [6, 6.07) is 14.2. The second-order valence-electron chi connectivity index (χ2n) is 6.92. The number of benzene rings is 2. The van der Waals surface area contributed by atoms with Crippen LogP contribution in [0.1, 0.15) is 18.7 Å². The Labute approximate surface area is 172 Å². The van der Waals surface area contributed by atoms with Crippen molar-refractivity contribution in [2.24, 2.45) is 0 Å². The minimum atomic E-state index is -0.278. The summed E-state index contributed by atoms with van der Waals surface area (Å²) in [5, 5.41) is 12.4. The molecule has 2 aromatic carbocycles. The van der Waals surface area contributed by atoms with Gasteiger partial charge < -0.3 is 15.5 Å². The summed E-state index contributed by atoms with van der Waals surface area (Å²) >= 11 is 0. The number of fused-ring (bicyclic) bond motifs is 1. The molecule has 9 nitrogen and oxygen atoms in total. The second-order valence-corrected chi connectivity index (χ2v) is 6.92. The third kappa shape index (κ3) is 4.19. The van der Waals surface area contributed by atoms with Crippen LogP contribution in [0.3, 0.4) is 0 Å². The Morgan fingerprint density at radius 2 is 1.87 bits per heavy atom. The number of nitrogens with one attached hydrogen (secondary N) is 3. The van der Waals surface area contributed by atoms with Gasteiger partial charge in [0.1, 0.15) is 12.4 Å². The van der Waals surface area contributed by atoms with Crippen LogP contribution in [0.2, 0.25) is 0 Å². The van der Waals surface area contributed by atoms with Gasteiger partial charge in [-0.1, -0.05) is 12.1 Å². The summed E-state index contributed by atoms with van der Waals surface area (Å²) in [5.74, 6) is 0.498. The number of aromatic amines is 1. The standard InChI is InChI=1S/C21H20N6O3/c1-13-22-21(26-25-13)14-6-8-15(9-7-14)23-18(28)10-11-20(30)27-12-19(29)24-16-4-2-3-5-17(16)27/h2-9H,10-12H2,1H3,(H,23,28)(H,24,29)(H,22,25,26). The molecule has 0 fully saturated rings. The Balaban J connectivity index is 1.34. The van der Waals surface area contributed by atoms with Gasteiger partial charge in [-0.25, -0.2) is 4.98 Å². The van der Waals surface area contributed by atoms with E-state index in [0.29, 0.717) is 22.9 Å². The molecule has 0 radical (unpaired) electrons. The van der Waals surface area contributed by atoms with E-state index >= 15 is 0 Å². The third-order valence-electron chi connectivity index (χ3n) is 4.66. The molecule has 3 N–H and O–H groups in total. The van der Waals surface area contributed by atoms with Gasteiger partial charge in [0.05, 0.1) is 11.4 Å². The van der Waals surface area contributed by atoms with Gasteiger partial charge in [-0.15, -0.1) is 0 Å². The summed E-state index contributed by atoms with van der Waals surface area (Å²) in [6.45, 7) is 1.76. The lowest BCUT2D eigenvalue weighted by atomic mass is 10.1. The molecule has 0 bridgehead atoms. The van der Waals surface area contributed by atoms with E-state index in [4.69, 9.17) is 0 Å². The summed E-state index contributed by atoms with van der Waals surface area (Å²) in [7, 11) is 0. The number of nitrogens with zero attached hydrogens (tertiary/aromatic N) is 3. The Kier molecular flexibility index (Phi) is 5.25. The first-order chi connectivity index (χ1) is 14.5. The van der Waals surface area contributed by atoms with Crippen molar-refractivity contribution >= 4 is 34.8 Å². The predicted octanol–water partition coefficient (Wildman–Crippen LogP) is 2.48. The van der Waals surface area contributed by atoms with Gasteiger partial charge >= 0.3 is 0 Å². The van der Waals surface area contributed by atoms with Crippen LogP contribution in [0.4, 0.5) is 17.1 Å². The Morgan fingerprint density at radius 1 is 1.10 bits per heavy atom. The van der Waals surface area contributed by atoms with Gasteiger partial charge in [-0.3, -0.25) is 19.5 Å². The Bertz CT molecular complexity index is 1110. The molecule has 0 saturated heterocycles. The number of aromatic nitrogens is 3. The first kappa shape index (κ1) is 19.3. The van der Waals surface area contributed by atoms with Gasteiger partial charge in [0, 0.05) is 24.1 Å². The number of H-pyrrole nitrogens is 1. The van der Waals surface area contributed by atoms with Crippen LogP contribution in [-0.2, 0) is 14.4 Å². The average molecular weight is 404 g/mol. The number of carbonyl (C=O) groups is 3. The maximum Gasteiger partial charge on any atom is 0.244 e. The fourth-order valence-corrected chi connectivity index (χ4v) is 3.21. The molecule has 9 heteroatoms. The molecule has 1 aliphatic rings. The van der Waals surface area contributed by atoms with E-state index in [1.165, 1.54) is 4.90 Å². The molecule has 4 rings (SSSR count). The summed E-state index contributed by atoms with van der Waals surface area (Å²) in [6.07, 6.45) is 0.0169. The number of anilines is 3. The Hall–Kier alpha value is -4.01. The zero-order valence-electron chi connectivity index (χ0n) is 16.3. The van der Waals surface area contributed by atoms with Crippen molar-refractivity contribution in [3.63, 3.8) is 0 Å². The zero-order chi connectivity index (χ0) is 21.1. The number of aryl methyl sites for hydroxylation is 1. The topological polar surface area (TPSA) is 120 Å². The van der Waals surface area contributed by atoms with E-state index < -0.39 is 0 Å². The van der Waals surface area contributed by atoms with Crippen LogP contribution >= 0.6 is 0 Å². The highest BCUT2D eigenvalue weighted by Gasteiger charge is 2.26. The van der Waals surface area contributed by atoms with Gasteiger partial charge in [0.15, 0.2) is 5.82 Å². The number of hydrogen-bond donors (Lipinski definition) is 3. The van der Waals surface area contributed by atoms with Crippen molar-refractivity contribution < 1.29 is 14.4 Å².